The highest BCUT2D eigenvalue weighted by Gasteiger charge is 2.05. The van der Waals surface area contributed by atoms with Crippen molar-refractivity contribution >= 4 is 5.97 Å². The number of ether oxygens (including phenoxy) is 1. The zero-order chi connectivity index (χ0) is 12.0. The van der Waals surface area contributed by atoms with E-state index in [9.17, 15) is 4.79 Å². The minimum absolute atomic E-state index is 0.241. The molecule has 0 aliphatic carbocycles. The Morgan fingerprint density at radius 2 is 2.25 bits per heavy atom. The third kappa shape index (κ3) is 3.39. The Bertz CT molecular complexity index is 418. The first-order valence-corrected chi connectivity index (χ1v) is 5.19. The van der Waals surface area contributed by atoms with E-state index in [0.29, 0.717) is 6.42 Å². The molecule has 0 aliphatic rings. The monoisotopic (exact) mass is 217 g/mol. The molecule has 16 heavy (non-hydrogen) atoms. The van der Waals surface area contributed by atoms with Crippen LogP contribution in [0.25, 0.3) is 0 Å². The summed E-state index contributed by atoms with van der Waals surface area (Å²) >= 11 is 0. The van der Waals surface area contributed by atoms with Crippen molar-refractivity contribution in [1.29, 1.82) is 5.26 Å². The molecule has 0 amide bonds. The van der Waals surface area contributed by atoms with Crippen LogP contribution in [-0.4, -0.2) is 13.1 Å². The third-order valence-electron chi connectivity index (χ3n) is 2.50. The van der Waals surface area contributed by atoms with E-state index in [1.54, 1.807) is 0 Å². The Morgan fingerprint density at radius 3 is 2.88 bits per heavy atom. The fourth-order valence-corrected chi connectivity index (χ4v) is 1.53. The molecule has 0 heterocycles. The van der Waals surface area contributed by atoms with Crippen LogP contribution in [0.15, 0.2) is 18.2 Å². The largest absolute Gasteiger partial charge is 0.469 e. The van der Waals surface area contributed by atoms with Crippen LogP contribution in [-0.2, 0) is 22.4 Å². The lowest BCUT2D eigenvalue weighted by molar-refractivity contribution is -0.139. The predicted octanol–water partition coefficient (Wildman–Crippen LogP) is 2.17. The van der Waals surface area contributed by atoms with Gasteiger partial charge in [0, 0.05) is 6.42 Å². The van der Waals surface area contributed by atoms with Crippen molar-refractivity contribution in [1.82, 2.24) is 0 Å². The van der Waals surface area contributed by atoms with Gasteiger partial charge in [0.05, 0.1) is 19.6 Å². The summed E-state index contributed by atoms with van der Waals surface area (Å²) in [5, 5.41) is 8.55. The van der Waals surface area contributed by atoms with E-state index in [0.717, 1.165) is 23.1 Å². The second-order valence-corrected chi connectivity index (χ2v) is 3.67. The van der Waals surface area contributed by atoms with Crippen molar-refractivity contribution in [2.24, 2.45) is 0 Å². The lowest BCUT2D eigenvalue weighted by Crippen LogP contribution is -2.05. The van der Waals surface area contributed by atoms with Gasteiger partial charge in [0.2, 0.25) is 0 Å². The van der Waals surface area contributed by atoms with Gasteiger partial charge >= 0.3 is 5.97 Å². The van der Waals surface area contributed by atoms with Gasteiger partial charge in [-0.25, -0.2) is 0 Å². The summed E-state index contributed by atoms with van der Waals surface area (Å²) in [5.41, 5.74) is 3.22. The van der Waals surface area contributed by atoms with Crippen LogP contribution < -0.4 is 0 Å². The van der Waals surface area contributed by atoms with E-state index < -0.39 is 0 Å². The third-order valence-corrected chi connectivity index (χ3v) is 2.50. The van der Waals surface area contributed by atoms with Gasteiger partial charge in [0.1, 0.15) is 0 Å². The molecule has 84 valence electrons. The summed E-state index contributed by atoms with van der Waals surface area (Å²) < 4.78 is 4.61. The average molecular weight is 217 g/mol. The molecular formula is C13H15NO2. The van der Waals surface area contributed by atoms with Crippen molar-refractivity contribution in [3.63, 3.8) is 0 Å². The molecule has 1 rings (SSSR count). The van der Waals surface area contributed by atoms with Crippen LogP contribution in [0.3, 0.4) is 0 Å². The van der Waals surface area contributed by atoms with Crippen molar-refractivity contribution in [2.45, 2.75) is 26.2 Å². The normalized spacial score (nSPS) is 9.56. The number of hydrogen-bond acceptors (Lipinski definition) is 3. The van der Waals surface area contributed by atoms with E-state index in [1.165, 1.54) is 7.11 Å². The molecule has 1 aromatic carbocycles. The van der Waals surface area contributed by atoms with Gasteiger partial charge in [-0.1, -0.05) is 18.2 Å². The fraction of sp³-hybridized carbons (Fsp3) is 0.385. The van der Waals surface area contributed by atoms with Crippen LogP contribution >= 0.6 is 0 Å². The van der Waals surface area contributed by atoms with E-state index in [2.05, 4.69) is 10.8 Å². The number of hydrogen-bond donors (Lipinski definition) is 0. The van der Waals surface area contributed by atoms with Crippen molar-refractivity contribution in [3.8, 4) is 6.07 Å². The summed E-state index contributed by atoms with van der Waals surface area (Å²) in [4.78, 5) is 11.1. The number of methoxy groups -OCH3 is 1. The number of nitriles is 1. The summed E-state index contributed by atoms with van der Waals surface area (Å²) in [5.74, 6) is -0.241. The van der Waals surface area contributed by atoms with Gasteiger partial charge in [0.15, 0.2) is 0 Å². The number of aryl methyl sites for hydroxylation is 2. The van der Waals surface area contributed by atoms with E-state index in [4.69, 9.17) is 5.26 Å². The van der Waals surface area contributed by atoms with Gasteiger partial charge in [-0.15, -0.1) is 0 Å². The molecule has 0 saturated carbocycles. The molecule has 0 atom stereocenters. The second-order valence-electron chi connectivity index (χ2n) is 3.67. The molecule has 3 heteroatoms. The Morgan fingerprint density at radius 1 is 1.50 bits per heavy atom. The molecule has 3 nitrogen and oxygen atoms in total. The summed E-state index contributed by atoms with van der Waals surface area (Å²) in [7, 11) is 1.38. The summed E-state index contributed by atoms with van der Waals surface area (Å²) in [6.07, 6.45) is 1.52. The Balaban J connectivity index is 2.81. The van der Waals surface area contributed by atoms with E-state index in [-0.39, 0.29) is 12.4 Å². The molecule has 0 bridgehead atoms. The van der Waals surface area contributed by atoms with Gasteiger partial charge in [0.25, 0.3) is 0 Å². The van der Waals surface area contributed by atoms with Crippen LogP contribution in [0.1, 0.15) is 23.1 Å². The minimum Gasteiger partial charge on any atom is -0.469 e. The number of benzene rings is 1. The fourth-order valence-electron chi connectivity index (χ4n) is 1.53. The first-order valence-electron chi connectivity index (χ1n) is 5.19. The van der Waals surface area contributed by atoms with Crippen molar-refractivity contribution < 1.29 is 9.53 Å². The molecule has 0 unspecified atom stereocenters. The SMILES string of the molecule is COC(=O)Cc1ccc(C)c(CCC#N)c1. The zero-order valence-corrected chi connectivity index (χ0v) is 9.62. The molecular weight excluding hydrogens is 202 g/mol. The highest BCUT2D eigenvalue weighted by molar-refractivity contribution is 5.72. The Kier molecular flexibility index (Phi) is 4.53. The van der Waals surface area contributed by atoms with Crippen LogP contribution in [0, 0.1) is 18.3 Å². The van der Waals surface area contributed by atoms with Gasteiger partial charge in [-0.3, -0.25) is 4.79 Å². The predicted molar refractivity (Wildman–Crippen MR) is 60.8 cm³/mol. The Hall–Kier alpha value is -1.82. The van der Waals surface area contributed by atoms with Crippen molar-refractivity contribution in [2.75, 3.05) is 7.11 Å². The van der Waals surface area contributed by atoms with Gasteiger partial charge < -0.3 is 4.74 Å². The standard InChI is InChI=1S/C13H15NO2/c1-10-5-6-11(9-13(15)16-2)8-12(10)4-3-7-14/h5-6,8H,3-4,9H2,1-2H3. The molecule has 0 radical (unpaired) electrons. The minimum atomic E-state index is -0.241. The first kappa shape index (κ1) is 12.3. The number of carbonyl (C=O) groups excluding carboxylic acids is 1. The number of carbonyl (C=O) groups is 1. The van der Waals surface area contributed by atoms with Crippen LogP contribution in [0.2, 0.25) is 0 Å². The quantitative estimate of drug-likeness (QED) is 0.726. The molecule has 0 aliphatic heterocycles. The van der Waals surface area contributed by atoms with Crippen molar-refractivity contribution in [3.05, 3.63) is 34.9 Å². The maximum absolute atomic E-state index is 11.1. The molecule has 1 aromatic rings. The molecule has 0 fully saturated rings. The highest BCUT2D eigenvalue weighted by atomic mass is 16.5. The maximum Gasteiger partial charge on any atom is 0.309 e. The summed E-state index contributed by atoms with van der Waals surface area (Å²) in [6, 6.07) is 7.99. The molecule has 0 aromatic heterocycles. The number of rotatable bonds is 4. The molecule has 0 spiro atoms. The average Bonchev–Trinajstić information content (AvgIpc) is 2.29. The van der Waals surface area contributed by atoms with Gasteiger partial charge in [-0.05, 0) is 30.0 Å². The lowest BCUT2D eigenvalue weighted by Gasteiger charge is -2.06. The highest BCUT2D eigenvalue weighted by Crippen LogP contribution is 2.14. The zero-order valence-electron chi connectivity index (χ0n) is 9.62. The number of esters is 1. The lowest BCUT2D eigenvalue weighted by atomic mass is 10.00. The summed E-state index contributed by atoms with van der Waals surface area (Å²) in [6.45, 7) is 2.01. The number of nitrogens with zero attached hydrogens (tertiary/aromatic N) is 1. The van der Waals surface area contributed by atoms with Crippen LogP contribution in [0.5, 0.6) is 0 Å². The maximum atomic E-state index is 11.1. The molecule has 0 N–H and O–H groups in total. The Labute approximate surface area is 95.7 Å². The van der Waals surface area contributed by atoms with Crippen LogP contribution in [0.4, 0.5) is 0 Å². The van der Waals surface area contributed by atoms with E-state index in [1.807, 2.05) is 25.1 Å². The first-order chi connectivity index (χ1) is 7.67. The van der Waals surface area contributed by atoms with Gasteiger partial charge in [-0.2, -0.15) is 5.26 Å². The molecule has 0 saturated heterocycles. The van der Waals surface area contributed by atoms with E-state index >= 15 is 0 Å². The topological polar surface area (TPSA) is 50.1 Å². The smallest absolute Gasteiger partial charge is 0.309 e. The second kappa shape index (κ2) is 5.92.